The molecular formula is C24H23F2N5O2. The SMILES string of the molecule is O=C(Nc1ccc(F)cc1)N1CCN(C(=O)c2nn(-c3ccc(F)cc3)c3c2CCC3)CC1. The van der Waals surface area contributed by atoms with Gasteiger partial charge in [0, 0.05) is 43.1 Å². The van der Waals surface area contributed by atoms with Crippen molar-refractivity contribution < 1.29 is 18.4 Å². The maximum atomic E-state index is 13.3. The molecule has 0 atom stereocenters. The van der Waals surface area contributed by atoms with E-state index in [0.717, 1.165) is 36.2 Å². The van der Waals surface area contributed by atoms with Gasteiger partial charge in [-0.05, 0) is 67.8 Å². The second kappa shape index (κ2) is 8.65. The molecule has 0 unspecified atom stereocenters. The third-order valence-electron chi connectivity index (χ3n) is 6.15. The number of anilines is 1. The number of carbonyl (C=O) groups excluding carboxylic acids is 2. The monoisotopic (exact) mass is 451 g/mol. The maximum Gasteiger partial charge on any atom is 0.321 e. The number of fused-ring (bicyclic) bond motifs is 1. The first kappa shape index (κ1) is 21.1. The van der Waals surface area contributed by atoms with Crippen molar-refractivity contribution in [3.63, 3.8) is 0 Å². The summed E-state index contributed by atoms with van der Waals surface area (Å²) in [6, 6.07) is 11.4. The van der Waals surface area contributed by atoms with Gasteiger partial charge in [-0.2, -0.15) is 5.10 Å². The molecule has 2 aromatic carbocycles. The zero-order chi connectivity index (χ0) is 22.9. The third-order valence-corrected chi connectivity index (χ3v) is 6.15. The predicted molar refractivity (Wildman–Crippen MR) is 118 cm³/mol. The van der Waals surface area contributed by atoms with Gasteiger partial charge in [0.25, 0.3) is 5.91 Å². The minimum Gasteiger partial charge on any atom is -0.334 e. The molecule has 1 N–H and O–H groups in total. The number of rotatable bonds is 3. The summed E-state index contributed by atoms with van der Waals surface area (Å²) in [5, 5.41) is 7.35. The normalized spacial score (nSPS) is 15.5. The Labute approximate surface area is 189 Å². The number of nitrogens with zero attached hydrogens (tertiary/aromatic N) is 4. The topological polar surface area (TPSA) is 70.5 Å². The van der Waals surface area contributed by atoms with Crippen LogP contribution >= 0.6 is 0 Å². The minimum atomic E-state index is -0.367. The number of aromatic nitrogens is 2. The van der Waals surface area contributed by atoms with Gasteiger partial charge in [-0.15, -0.1) is 0 Å². The van der Waals surface area contributed by atoms with Crippen molar-refractivity contribution in [2.24, 2.45) is 0 Å². The highest BCUT2D eigenvalue weighted by molar-refractivity contribution is 5.95. The van der Waals surface area contributed by atoms with Crippen molar-refractivity contribution in [3.8, 4) is 5.69 Å². The van der Waals surface area contributed by atoms with Gasteiger partial charge in [0.15, 0.2) is 5.69 Å². The predicted octanol–water partition coefficient (Wildman–Crippen LogP) is 3.63. The molecule has 170 valence electrons. The Morgan fingerprint density at radius 1 is 0.818 bits per heavy atom. The summed E-state index contributed by atoms with van der Waals surface area (Å²) >= 11 is 0. The van der Waals surface area contributed by atoms with Crippen molar-refractivity contribution >= 4 is 17.6 Å². The molecular weight excluding hydrogens is 428 g/mol. The average Bonchev–Trinajstić information content (AvgIpc) is 3.44. The van der Waals surface area contributed by atoms with Crippen LogP contribution in [-0.2, 0) is 12.8 Å². The van der Waals surface area contributed by atoms with Crippen LogP contribution < -0.4 is 5.32 Å². The number of hydrogen-bond acceptors (Lipinski definition) is 3. The number of nitrogens with one attached hydrogen (secondary N) is 1. The molecule has 1 aliphatic heterocycles. The zero-order valence-corrected chi connectivity index (χ0v) is 17.9. The van der Waals surface area contributed by atoms with Crippen molar-refractivity contribution in [3.05, 3.63) is 77.1 Å². The third kappa shape index (κ3) is 4.18. The molecule has 0 radical (unpaired) electrons. The lowest BCUT2D eigenvalue weighted by molar-refractivity contribution is 0.0664. The number of amides is 3. The molecule has 0 bridgehead atoms. The van der Waals surface area contributed by atoms with Crippen LogP contribution in [0.3, 0.4) is 0 Å². The molecule has 5 rings (SSSR count). The van der Waals surface area contributed by atoms with Crippen LogP contribution in [0.5, 0.6) is 0 Å². The number of piperazine rings is 1. The molecule has 9 heteroatoms. The van der Waals surface area contributed by atoms with E-state index in [1.807, 2.05) is 0 Å². The lowest BCUT2D eigenvalue weighted by atomic mass is 10.1. The molecule has 7 nitrogen and oxygen atoms in total. The van der Waals surface area contributed by atoms with Gasteiger partial charge in [0.1, 0.15) is 11.6 Å². The summed E-state index contributed by atoms with van der Waals surface area (Å²) in [7, 11) is 0. The van der Waals surface area contributed by atoms with Crippen LogP contribution in [-0.4, -0.2) is 57.7 Å². The summed E-state index contributed by atoms with van der Waals surface area (Å²) in [5.41, 5.74) is 3.65. The number of carbonyl (C=O) groups is 2. The summed E-state index contributed by atoms with van der Waals surface area (Å²) in [4.78, 5) is 29.2. The number of halogens is 2. The van der Waals surface area contributed by atoms with Crippen LogP contribution in [0.4, 0.5) is 19.3 Å². The van der Waals surface area contributed by atoms with E-state index in [1.54, 1.807) is 26.6 Å². The first-order chi connectivity index (χ1) is 16.0. The second-order valence-electron chi connectivity index (χ2n) is 8.23. The van der Waals surface area contributed by atoms with Crippen LogP contribution in [0.15, 0.2) is 48.5 Å². The first-order valence-corrected chi connectivity index (χ1v) is 11.0. The van der Waals surface area contributed by atoms with E-state index in [2.05, 4.69) is 10.4 Å². The molecule has 33 heavy (non-hydrogen) atoms. The van der Waals surface area contributed by atoms with Gasteiger partial charge in [-0.25, -0.2) is 18.3 Å². The quantitative estimate of drug-likeness (QED) is 0.661. The van der Waals surface area contributed by atoms with Crippen LogP contribution in [0.1, 0.15) is 28.2 Å². The Kier molecular flexibility index (Phi) is 5.53. The Hall–Kier alpha value is -3.75. The Bertz CT molecular complexity index is 1180. The molecule has 2 heterocycles. The molecule has 1 aliphatic carbocycles. The van der Waals surface area contributed by atoms with E-state index in [-0.39, 0.29) is 23.6 Å². The van der Waals surface area contributed by atoms with Crippen molar-refractivity contribution in [1.82, 2.24) is 19.6 Å². The summed E-state index contributed by atoms with van der Waals surface area (Å²) in [5.74, 6) is -0.832. The molecule has 1 fully saturated rings. The fourth-order valence-corrected chi connectivity index (χ4v) is 4.40. The summed E-state index contributed by atoms with van der Waals surface area (Å²) in [6.45, 7) is 1.57. The molecule has 3 aromatic rings. The molecule has 0 spiro atoms. The highest BCUT2D eigenvalue weighted by Crippen LogP contribution is 2.29. The van der Waals surface area contributed by atoms with E-state index in [1.165, 1.54) is 36.4 Å². The van der Waals surface area contributed by atoms with Crippen LogP contribution in [0, 0.1) is 11.6 Å². The minimum absolute atomic E-state index is 0.146. The smallest absolute Gasteiger partial charge is 0.321 e. The Balaban J connectivity index is 1.27. The summed E-state index contributed by atoms with van der Waals surface area (Å²) in [6.07, 6.45) is 2.56. The van der Waals surface area contributed by atoms with E-state index in [9.17, 15) is 18.4 Å². The molecule has 3 amide bonds. The Morgan fingerprint density at radius 2 is 1.42 bits per heavy atom. The number of urea groups is 1. The van der Waals surface area contributed by atoms with Gasteiger partial charge in [0.05, 0.1) is 5.69 Å². The van der Waals surface area contributed by atoms with Crippen LogP contribution in [0.2, 0.25) is 0 Å². The molecule has 1 aromatic heterocycles. The van der Waals surface area contributed by atoms with Crippen molar-refractivity contribution in [2.45, 2.75) is 19.3 Å². The van der Waals surface area contributed by atoms with E-state index in [4.69, 9.17) is 0 Å². The second-order valence-corrected chi connectivity index (χ2v) is 8.23. The zero-order valence-electron chi connectivity index (χ0n) is 17.9. The standard InChI is InChI=1S/C24H23F2N5O2/c25-16-4-8-18(9-5-16)27-24(33)30-14-12-29(13-15-30)23(32)22-20-2-1-3-21(20)31(28-22)19-10-6-17(26)7-11-19/h4-11H,1-3,12-15H2,(H,27,33). The highest BCUT2D eigenvalue weighted by atomic mass is 19.1. The maximum absolute atomic E-state index is 13.3. The van der Waals surface area contributed by atoms with E-state index < -0.39 is 0 Å². The Morgan fingerprint density at radius 3 is 2.09 bits per heavy atom. The average molecular weight is 451 g/mol. The largest absolute Gasteiger partial charge is 0.334 e. The van der Waals surface area contributed by atoms with Crippen LogP contribution in [0.25, 0.3) is 5.69 Å². The molecule has 0 saturated carbocycles. The fourth-order valence-electron chi connectivity index (χ4n) is 4.40. The van der Waals surface area contributed by atoms with Gasteiger partial charge in [0.2, 0.25) is 0 Å². The molecule has 2 aliphatic rings. The highest BCUT2D eigenvalue weighted by Gasteiger charge is 2.31. The van der Waals surface area contributed by atoms with Gasteiger partial charge < -0.3 is 15.1 Å². The summed E-state index contributed by atoms with van der Waals surface area (Å²) < 4.78 is 28.1. The van der Waals surface area contributed by atoms with Crippen molar-refractivity contribution in [2.75, 3.05) is 31.5 Å². The molecule has 1 saturated heterocycles. The van der Waals surface area contributed by atoms with Gasteiger partial charge >= 0.3 is 6.03 Å². The van der Waals surface area contributed by atoms with E-state index in [0.29, 0.717) is 37.6 Å². The van der Waals surface area contributed by atoms with Gasteiger partial charge in [-0.3, -0.25) is 4.79 Å². The van der Waals surface area contributed by atoms with E-state index >= 15 is 0 Å². The number of benzene rings is 2. The van der Waals surface area contributed by atoms with Gasteiger partial charge in [-0.1, -0.05) is 0 Å². The fraction of sp³-hybridized carbons (Fsp3) is 0.292. The lowest BCUT2D eigenvalue weighted by Crippen LogP contribution is -2.51. The van der Waals surface area contributed by atoms with Crippen molar-refractivity contribution in [1.29, 1.82) is 0 Å². The number of hydrogen-bond donors (Lipinski definition) is 1. The lowest BCUT2D eigenvalue weighted by Gasteiger charge is -2.34. The first-order valence-electron chi connectivity index (χ1n) is 11.0.